The molecule has 0 bridgehead atoms. The van der Waals surface area contributed by atoms with Gasteiger partial charge >= 0.3 is 0 Å². The van der Waals surface area contributed by atoms with Crippen LogP contribution < -0.4 is 5.32 Å². The highest BCUT2D eigenvalue weighted by Crippen LogP contribution is 2.23. The molecule has 0 fully saturated rings. The van der Waals surface area contributed by atoms with E-state index in [1.165, 1.54) is 24.1 Å². The third-order valence-electron chi connectivity index (χ3n) is 2.20. The normalized spacial score (nSPS) is 10.7. The molecule has 0 aliphatic rings. The number of rotatable bonds is 7. The molecule has 0 spiro atoms. The van der Waals surface area contributed by atoms with Gasteiger partial charge in [-0.1, -0.05) is 24.9 Å². The Kier molecular flexibility index (Phi) is 6.24. The van der Waals surface area contributed by atoms with Gasteiger partial charge in [0.15, 0.2) is 0 Å². The number of hydrogen-bond donors (Lipinski definition) is 1. The average molecular weight is 232 g/mol. The van der Waals surface area contributed by atoms with Gasteiger partial charge in [-0.3, -0.25) is 0 Å². The van der Waals surface area contributed by atoms with Crippen molar-refractivity contribution in [2.45, 2.75) is 32.6 Å². The lowest BCUT2D eigenvalue weighted by atomic mass is 10.2. The van der Waals surface area contributed by atoms with E-state index in [9.17, 15) is 0 Å². The first-order valence-corrected chi connectivity index (χ1v) is 6.53. The summed E-state index contributed by atoms with van der Waals surface area (Å²) in [6.45, 7) is 4.37. The minimum absolute atomic E-state index is 0.946. The highest BCUT2D eigenvalue weighted by Gasteiger charge is 2.00. The molecule has 3 heteroatoms. The van der Waals surface area contributed by atoms with Gasteiger partial charge in [0, 0.05) is 4.88 Å². The predicted octanol–water partition coefficient (Wildman–Crippen LogP) is 3.72. The monoisotopic (exact) mass is 231 g/mol. The van der Waals surface area contributed by atoms with Crippen molar-refractivity contribution in [1.29, 1.82) is 0 Å². The molecule has 14 heavy (non-hydrogen) atoms. The van der Waals surface area contributed by atoms with Crippen LogP contribution in [0.25, 0.3) is 0 Å². The van der Waals surface area contributed by atoms with Gasteiger partial charge in [-0.25, -0.2) is 0 Å². The molecule has 0 saturated heterocycles. The van der Waals surface area contributed by atoms with Crippen LogP contribution in [-0.4, -0.2) is 13.1 Å². The van der Waals surface area contributed by atoms with E-state index in [2.05, 4.69) is 17.6 Å². The van der Waals surface area contributed by atoms with Gasteiger partial charge in [0.25, 0.3) is 0 Å². The molecule has 1 aromatic rings. The van der Waals surface area contributed by atoms with Crippen LogP contribution >= 0.6 is 22.9 Å². The Morgan fingerprint density at radius 2 is 2.21 bits per heavy atom. The SMILES string of the molecule is CCNCCCCCc1sccc1Cl. The third-order valence-corrected chi connectivity index (χ3v) is 3.65. The van der Waals surface area contributed by atoms with Crippen molar-refractivity contribution < 1.29 is 0 Å². The first kappa shape index (κ1) is 12.0. The molecule has 1 aromatic heterocycles. The molecular weight excluding hydrogens is 214 g/mol. The molecule has 0 radical (unpaired) electrons. The summed E-state index contributed by atoms with van der Waals surface area (Å²) in [6, 6.07) is 1.99. The number of halogens is 1. The van der Waals surface area contributed by atoms with Crippen molar-refractivity contribution in [3.05, 3.63) is 21.3 Å². The fourth-order valence-electron chi connectivity index (χ4n) is 1.39. The van der Waals surface area contributed by atoms with E-state index >= 15 is 0 Å². The number of hydrogen-bond acceptors (Lipinski definition) is 2. The summed E-state index contributed by atoms with van der Waals surface area (Å²) in [6.07, 6.45) is 4.96. The lowest BCUT2D eigenvalue weighted by Gasteiger charge is -2.01. The minimum atomic E-state index is 0.946. The van der Waals surface area contributed by atoms with E-state index < -0.39 is 0 Å². The molecule has 0 amide bonds. The average Bonchev–Trinajstić information content (AvgIpc) is 2.58. The number of unbranched alkanes of at least 4 members (excludes halogenated alkanes) is 2. The standard InChI is InChI=1S/C11H18ClNS/c1-2-13-8-5-3-4-6-11-10(12)7-9-14-11/h7,9,13H,2-6,8H2,1H3. The molecule has 0 saturated carbocycles. The molecule has 0 aliphatic carbocycles. The Labute approximate surface area is 95.5 Å². The second kappa shape index (κ2) is 7.27. The molecule has 0 aromatic carbocycles. The maximum Gasteiger partial charge on any atom is 0.0544 e. The van der Waals surface area contributed by atoms with Gasteiger partial charge in [-0.05, 0) is 43.8 Å². The molecule has 0 unspecified atom stereocenters. The first-order valence-electron chi connectivity index (χ1n) is 5.27. The second-order valence-electron chi connectivity index (χ2n) is 3.36. The zero-order chi connectivity index (χ0) is 10.2. The van der Waals surface area contributed by atoms with Crippen LogP contribution in [0, 0.1) is 0 Å². The van der Waals surface area contributed by atoms with E-state index in [1.54, 1.807) is 11.3 Å². The van der Waals surface area contributed by atoms with Crippen LogP contribution in [0.4, 0.5) is 0 Å². The lowest BCUT2D eigenvalue weighted by Crippen LogP contribution is -2.13. The molecule has 1 rings (SSSR count). The van der Waals surface area contributed by atoms with Crippen molar-refractivity contribution in [2.24, 2.45) is 0 Å². The summed E-state index contributed by atoms with van der Waals surface area (Å²) >= 11 is 7.77. The van der Waals surface area contributed by atoms with Gasteiger partial charge in [0.2, 0.25) is 0 Å². The summed E-state index contributed by atoms with van der Waals surface area (Å²) < 4.78 is 0. The van der Waals surface area contributed by atoms with Gasteiger partial charge in [0.05, 0.1) is 5.02 Å². The molecule has 1 nitrogen and oxygen atoms in total. The number of thiophene rings is 1. The van der Waals surface area contributed by atoms with Crippen molar-refractivity contribution in [3.63, 3.8) is 0 Å². The molecule has 80 valence electrons. The first-order chi connectivity index (χ1) is 6.84. The summed E-state index contributed by atoms with van der Waals surface area (Å²) in [5.74, 6) is 0. The summed E-state index contributed by atoms with van der Waals surface area (Å²) in [5, 5.41) is 6.34. The van der Waals surface area contributed by atoms with Crippen LogP contribution in [0.3, 0.4) is 0 Å². The van der Waals surface area contributed by atoms with Crippen molar-refractivity contribution in [2.75, 3.05) is 13.1 Å². The van der Waals surface area contributed by atoms with Crippen LogP contribution in [0.15, 0.2) is 11.4 Å². The molecule has 1 heterocycles. The van der Waals surface area contributed by atoms with Crippen LogP contribution in [0.5, 0.6) is 0 Å². The van der Waals surface area contributed by atoms with Crippen molar-refractivity contribution >= 4 is 22.9 Å². The Morgan fingerprint density at radius 3 is 2.86 bits per heavy atom. The van der Waals surface area contributed by atoms with Crippen LogP contribution in [0.1, 0.15) is 31.1 Å². The molecule has 1 N–H and O–H groups in total. The Balaban J connectivity index is 2.02. The fourth-order valence-corrected chi connectivity index (χ4v) is 2.57. The summed E-state index contributed by atoms with van der Waals surface area (Å²) in [7, 11) is 0. The summed E-state index contributed by atoms with van der Waals surface area (Å²) in [5.41, 5.74) is 0. The van der Waals surface area contributed by atoms with Gasteiger partial charge < -0.3 is 5.32 Å². The van der Waals surface area contributed by atoms with E-state index in [-0.39, 0.29) is 0 Å². The quantitative estimate of drug-likeness (QED) is 0.706. The Morgan fingerprint density at radius 1 is 1.36 bits per heavy atom. The second-order valence-corrected chi connectivity index (χ2v) is 4.76. The van der Waals surface area contributed by atoms with E-state index in [1.807, 2.05) is 6.07 Å². The molecule has 0 aliphatic heterocycles. The predicted molar refractivity (Wildman–Crippen MR) is 65.4 cm³/mol. The van der Waals surface area contributed by atoms with Crippen LogP contribution in [-0.2, 0) is 6.42 Å². The van der Waals surface area contributed by atoms with Gasteiger partial charge in [-0.2, -0.15) is 0 Å². The topological polar surface area (TPSA) is 12.0 Å². The Bertz CT molecular complexity index is 247. The Hall–Kier alpha value is -0.0500. The highest BCUT2D eigenvalue weighted by molar-refractivity contribution is 7.10. The van der Waals surface area contributed by atoms with E-state index in [4.69, 9.17) is 11.6 Å². The molecule has 0 atom stereocenters. The summed E-state index contributed by atoms with van der Waals surface area (Å²) in [4.78, 5) is 1.34. The number of aryl methyl sites for hydroxylation is 1. The molecular formula is C11H18ClNS. The number of nitrogens with one attached hydrogen (secondary N) is 1. The highest BCUT2D eigenvalue weighted by atomic mass is 35.5. The lowest BCUT2D eigenvalue weighted by molar-refractivity contribution is 0.618. The van der Waals surface area contributed by atoms with E-state index in [0.717, 1.165) is 24.5 Å². The fraction of sp³-hybridized carbons (Fsp3) is 0.636. The zero-order valence-electron chi connectivity index (χ0n) is 8.68. The largest absolute Gasteiger partial charge is 0.317 e. The smallest absolute Gasteiger partial charge is 0.0544 e. The minimum Gasteiger partial charge on any atom is -0.317 e. The van der Waals surface area contributed by atoms with E-state index in [0.29, 0.717) is 0 Å². The van der Waals surface area contributed by atoms with Gasteiger partial charge in [-0.15, -0.1) is 11.3 Å². The third kappa shape index (κ3) is 4.45. The zero-order valence-corrected chi connectivity index (χ0v) is 10.3. The van der Waals surface area contributed by atoms with Crippen molar-refractivity contribution in [3.8, 4) is 0 Å². The maximum atomic E-state index is 6.00. The van der Waals surface area contributed by atoms with Crippen molar-refractivity contribution in [1.82, 2.24) is 5.32 Å². The van der Waals surface area contributed by atoms with Gasteiger partial charge in [0.1, 0.15) is 0 Å². The van der Waals surface area contributed by atoms with Crippen LogP contribution in [0.2, 0.25) is 5.02 Å². The maximum absolute atomic E-state index is 6.00.